The van der Waals surface area contributed by atoms with E-state index in [0.717, 1.165) is 21.7 Å². The number of benzene rings is 2. The lowest BCUT2D eigenvalue weighted by Gasteiger charge is -2.26. The van der Waals surface area contributed by atoms with Crippen molar-refractivity contribution < 1.29 is 23.4 Å². The molecule has 0 saturated carbocycles. The van der Waals surface area contributed by atoms with Gasteiger partial charge in [-0.15, -0.1) is 13.2 Å². The van der Waals surface area contributed by atoms with Gasteiger partial charge in [-0.3, -0.25) is 4.79 Å². The van der Waals surface area contributed by atoms with E-state index in [9.17, 15) is 18.7 Å². The first kappa shape index (κ1) is 28.2. The number of carbonyl (C=O) groups excluding carboxylic acids is 1. The van der Waals surface area contributed by atoms with Crippen LogP contribution in [0.2, 0.25) is 0 Å². The molecular weight excluding hydrogens is 530 g/mol. The molecule has 0 bridgehead atoms. The van der Waals surface area contributed by atoms with Gasteiger partial charge in [0.25, 0.3) is 0 Å². The van der Waals surface area contributed by atoms with E-state index in [1.54, 1.807) is 12.2 Å². The smallest absolute Gasteiger partial charge is 0.220 e. The van der Waals surface area contributed by atoms with Gasteiger partial charge >= 0.3 is 0 Å². The van der Waals surface area contributed by atoms with Crippen LogP contribution in [-0.4, -0.2) is 36.3 Å². The number of hydrogen-bond acceptors (Lipinski definition) is 4. The van der Waals surface area contributed by atoms with Crippen LogP contribution in [0.5, 0.6) is 0 Å². The van der Waals surface area contributed by atoms with E-state index >= 15 is 0 Å². The third-order valence-electron chi connectivity index (χ3n) is 6.21. The number of allylic oxidation sites excluding steroid dienone is 1. The molecule has 1 aliphatic rings. The van der Waals surface area contributed by atoms with E-state index in [2.05, 4.69) is 39.7 Å². The monoisotopic (exact) mass is 562 g/mol. The molecular formula is C28H33BrF2N2O3. The largest absolute Gasteiger partial charge is 0.390 e. The third-order valence-corrected chi connectivity index (χ3v) is 6.70. The maximum absolute atomic E-state index is 13.8. The molecule has 0 aromatic heterocycles. The summed E-state index contributed by atoms with van der Waals surface area (Å²) in [5.41, 5.74) is 2.51. The van der Waals surface area contributed by atoms with Gasteiger partial charge in [0.2, 0.25) is 5.91 Å². The van der Waals surface area contributed by atoms with Gasteiger partial charge < -0.3 is 20.5 Å². The van der Waals surface area contributed by atoms with Crippen molar-refractivity contribution in [2.75, 3.05) is 13.2 Å². The van der Waals surface area contributed by atoms with Crippen molar-refractivity contribution in [1.82, 2.24) is 10.6 Å². The van der Waals surface area contributed by atoms with E-state index < -0.39 is 23.8 Å². The van der Waals surface area contributed by atoms with Gasteiger partial charge in [0.1, 0.15) is 11.6 Å². The fourth-order valence-electron chi connectivity index (χ4n) is 4.50. The SMILES string of the molecule is C=CCCCC(=O)N[C@@H](Cc1cc(F)cc(F)c1)[C@@H](O)CN[C@@H]1C[C@@H](OCC=C)c2ccc(Br)cc21. The van der Waals surface area contributed by atoms with Gasteiger partial charge in [0.05, 0.1) is 24.9 Å². The number of ether oxygens (including phenoxy) is 1. The number of aliphatic hydroxyl groups is 1. The molecule has 0 spiro atoms. The summed E-state index contributed by atoms with van der Waals surface area (Å²) in [6.45, 7) is 7.97. The Bertz CT molecular complexity index is 1040. The number of rotatable bonds is 14. The molecule has 4 atom stereocenters. The predicted octanol–water partition coefficient (Wildman–Crippen LogP) is 5.45. The van der Waals surface area contributed by atoms with Crippen LogP contribution in [0, 0.1) is 11.6 Å². The van der Waals surface area contributed by atoms with Crippen LogP contribution in [-0.2, 0) is 16.0 Å². The van der Waals surface area contributed by atoms with Crippen molar-refractivity contribution in [3.05, 3.63) is 94.5 Å². The Labute approximate surface area is 219 Å². The van der Waals surface area contributed by atoms with Crippen LogP contribution in [0.4, 0.5) is 8.78 Å². The first-order chi connectivity index (χ1) is 17.3. The van der Waals surface area contributed by atoms with Crippen LogP contribution >= 0.6 is 15.9 Å². The molecule has 194 valence electrons. The zero-order valence-corrected chi connectivity index (χ0v) is 21.8. The molecule has 8 heteroatoms. The second kappa shape index (κ2) is 13.8. The average molecular weight is 563 g/mol. The highest BCUT2D eigenvalue weighted by Crippen LogP contribution is 2.42. The zero-order valence-electron chi connectivity index (χ0n) is 20.2. The minimum absolute atomic E-state index is 0.0717. The Hall–Kier alpha value is -2.39. The fourth-order valence-corrected chi connectivity index (χ4v) is 4.88. The third kappa shape index (κ3) is 8.06. The van der Waals surface area contributed by atoms with E-state index in [1.165, 1.54) is 12.1 Å². The molecule has 3 rings (SSSR count). The lowest BCUT2D eigenvalue weighted by Crippen LogP contribution is -2.49. The van der Waals surface area contributed by atoms with Gasteiger partial charge in [-0.25, -0.2) is 8.78 Å². The number of unbranched alkanes of at least 4 members (excludes halogenated alkanes) is 1. The molecule has 0 saturated heterocycles. The highest BCUT2D eigenvalue weighted by atomic mass is 79.9. The molecule has 0 heterocycles. The standard InChI is InChI=1S/C28H33BrF2N2O3/c1-3-5-6-7-28(35)33-25(13-18-11-20(30)15-21(31)12-18)26(34)17-32-24-16-27(36-10-4-2)22-9-8-19(29)14-23(22)24/h3-4,8-9,11-12,14-15,24-27,32,34H,1-2,5-7,10,13,16-17H2,(H,33,35)/t24-,25+,26+,27-/m1/s1. The van der Waals surface area contributed by atoms with Crippen molar-refractivity contribution in [3.63, 3.8) is 0 Å². The van der Waals surface area contributed by atoms with Gasteiger partial charge in [-0.1, -0.05) is 34.1 Å². The van der Waals surface area contributed by atoms with Gasteiger partial charge in [0.15, 0.2) is 0 Å². The van der Waals surface area contributed by atoms with Crippen LogP contribution in [0.3, 0.4) is 0 Å². The van der Waals surface area contributed by atoms with E-state index in [0.29, 0.717) is 31.4 Å². The molecule has 1 amide bonds. The average Bonchev–Trinajstić information content (AvgIpc) is 3.16. The van der Waals surface area contributed by atoms with E-state index in [4.69, 9.17) is 4.74 Å². The van der Waals surface area contributed by atoms with Crippen LogP contribution in [0.25, 0.3) is 0 Å². The van der Waals surface area contributed by atoms with Gasteiger partial charge in [-0.05, 0) is 66.6 Å². The summed E-state index contributed by atoms with van der Waals surface area (Å²) in [7, 11) is 0. The highest BCUT2D eigenvalue weighted by Gasteiger charge is 2.32. The Kier molecular flexibility index (Phi) is 10.8. The molecule has 2 aromatic rings. The quantitative estimate of drug-likeness (QED) is 0.211. The molecule has 0 radical (unpaired) electrons. The molecule has 3 N–H and O–H groups in total. The van der Waals surface area contributed by atoms with Crippen molar-refractivity contribution in [3.8, 4) is 0 Å². The van der Waals surface area contributed by atoms with E-state index in [-0.39, 0.29) is 37.4 Å². The molecule has 0 fully saturated rings. The number of carbonyl (C=O) groups is 1. The second-order valence-electron chi connectivity index (χ2n) is 8.98. The van der Waals surface area contributed by atoms with Crippen molar-refractivity contribution >= 4 is 21.8 Å². The summed E-state index contributed by atoms with van der Waals surface area (Å²) in [5.74, 6) is -1.63. The summed E-state index contributed by atoms with van der Waals surface area (Å²) in [5, 5.41) is 17.3. The summed E-state index contributed by atoms with van der Waals surface area (Å²) in [4.78, 5) is 12.5. The van der Waals surface area contributed by atoms with Crippen LogP contribution < -0.4 is 10.6 Å². The Morgan fingerprint density at radius 1 is 1.17 bits per heavy atom. The van der Waals surface area contributed by atoms with Crippen molar-refractivity contribution in [1.29, 1.82) is 0 Å². The summed E-state index contributed by atoms with van der Waals surface area (Å²) in [6, 6.07) is 8.45. The highest BCUT2D eigenvalue weighted by molar-refractivity contribution is 9.10. The molecule has 1 aliphatic carbocycles. The Balaban J connectivity index is 1.71. The number of amides is 1. The van der Waals surface area contributed by atoms with Crippen LogP contribution in [0.1, 0.15) is 54.5 Å². The lowest BCUT2D eigenvalue weighted by atomic mass is 9.99. The first-order valence-electron chi connectivity index (χ1n) is 12.1. The minimum Gasteiger partial charge on any atom is -0.390 e. The second-order valence-corrected chi connectivity index (χ2v) is 9.90. The molecule has 36 heavy (non-hydrogen) atoms. The molecule has 2 aromatic carbocycles. The number of aliphatic hydroxyl groups excluding tert-OH is 1. The lowest BCUT2D eigenvalue weighted by molar-refractivity contribution is -0.122. The molecule has 0 unspecified atom stereocenters. The summed E-state index contributed by atoms with van der Waals surface area (Å²) in [6.07, 6.45) is 4.71. The van der Waals surface area contributed by atoms with Crippen molar-refractivity contribution in [2.24, 2.45) is 0 Å². The number of hydrogen-bond donors (Lipinski definition) is 3. The predicted molar refractivity (Wildman–Crippen MR) is 140 cm³/mol. The molecule has 0 aliphatic heterocycles. The maximum atomic E-state index is 13.8. The van der Waals surface area contributed by atoms with Gasteiger partial charge in [-0.2, -0.15) is 0 Å². The molecule has 5 nitrogen and oxygen atoms in total. The normalized spacial score (nSPS) is 18.3. The zero-order chi connectivity index (χ0) is 26.1. The summed E-state index contributed by atoms with van der Waals surface area (Å²) >= 11 is 3.52. The topological polar surface area (TPSA) is 70.6 Å². The Morgan fingerprint density at radius 2 is 1.92 bits per heavy atom. The van der Waals surface area contributed by atoms with E-state index in [1.807, 2.05) is 18.2 Å². The number of nitrogens with one attached hydrogen (secondary N) is 2. The first-order valence-corrected chi connectivity index (χ1v) is 12.9. The number of fused-ring (bicyclic) bond motifs is 1. The fraction of sp³-hybridized carbons (Fsp3) is 0.393. The summed E-state index contributed by atoms with van der Waals surface area (Å²) < 4.78 is 34.4. The minimum atomic E-state index is -0.997. The van der Waals surface area contributed by atoms with Crippen molar-refractivity contribution in [2.45, 2.75) is 56.4 Å². The Morgan fingerprint density at radius 3 is 2.61 bits per heavy atom. The van der Waals surface area contributed by atoms with Gasteiger partial charge in [0, 0.05) is 29.5 Å². The number of halogens is 3. The van der Waals surface area contributed by atoms with Crippen LogP contribution in [0.15, 0.2) is 66.2 Å². The maximum Gasteiger partial charge on any atom is 0.220 e.